The van der Waals surface area contributed by atoms with Gasteiger partial charge in [-0.3, -0.25) is 10.1 Å². The molecule has 1 N–H and O–H groups in total. The van der Waals surface area contributed by atoms with Crippen molar-refractivity contribution in [3.63, 3.8) is 0 Å². The summed E-state index contributed by atoms with van der Waals surface area (Å²) >= 11 is 2.00. The van der Waals surface area contributed by atoms with Gasteiger partial charge < -0.3 is 5.32 Å². The average molecular weight is 294 g/mol. The van der Waals surface area contributed by atoms with E-state index in [1.165, 1.54) is 18.6 Å². The highest BCUT2D eigenvalue weighted by Crippen LogP contribution is 2.26. The molecule has 1 fully saturated rings. The Morgan fingerprint density at radius 1 is 1.55 bits per heavy atom. The monoisotopic (exact) mass is 294 g/mol. The molecular weight excluding hydrogens is 272 g/mol. The van der Waals surface area contributed by atoms with Crippen molar-refractivity contribution in [1.82, 2.24) is 5.32 Å². The lowest BCUT2D eigenvalue weighted by Crippen LogP contribution is -2.36. The highest BCUT2D eigenvalue weighted by atomic mass is 32.2. The summed E-state index contributed by atoms with van der Waals surface area (Å²) in [4.78, 5) is 10.6. The average Bonchev–Trinajstić information content (AvgIpc) is 2.48. The smallest absolute Gasteiger partial charge is 0.269 e. The second kappa shape index (κ2) is 7.64. The summed E-state index contributed by atoms with van der Waals surface area (Å²) in [5.41, 5.74) is 1.22. The molecule has 2 atom stereocenters. The molecule has 0 aliphatic carbocycles. The lowest BCUT2D eigenvalue weighted by Gasteiger charge is -2.28. The van der Waals surface area contributed by atoms with E-state index >= 15 is 0 Å². The normalized spacial score (nSPS) is 20.6. The van der Waals surface area contributed by atoms with Crippen LogP contribution in [0.15, 0.2) is 24.3 Å². The third-order valence-corrected chi connectivity index (χ3v) is 4.87. The quantitative estimate of drug-likeness (QED) is 0.638. The molecule has 0 amide bonds. The summed E-state index contributed by atoms with van der Waals surface area (Å²) in [6.07, 6.45) is 4.56. The maximum absolute atomic E-state index is 10.9. The molecule has 0 saturated carbocycles. The van der Waals surface area contributed by atoms with Crippen LogP contribution in [0.5, 0.6) is 0 Å². The number of rotatable bonds is 6. The maximum Gasteiger partial charge on any atom is 0.269 e. The van der Waals surface area contributed by atoms with Gasteiger partial charge in [0.2, 0.25) is 0 Å². The number of benzene rings is 1. The Bertz CT molecular complexity index is 447. The van der Waals surface area contributed by atoms with Crippen LogP contribution >= 0.6 is 11.8 Å². The van der Waals surface area contributed by atoms with Gasteiger partial charge in [0.1, 0.15) is 0 Å². The summed E-state index contributed by atoms with van der Waals surface area (Å²) in [5, 5.41) is 14.6. The van der Waals surface area contributed by atoms with E-state index in [-0.39, 0.29) is 16.7 Å². The number of hydrogen-bond donors (Lipinski definition) is 1. The molecule has 1 aliphatic heterocycles. The van der Waals surface area contributed by atoms with Gasteiger partial charge in [-0.15, -0.1) is 0 Å². The zero-order valence-corrected chi connectivity index (χ0v) is 12.7. The van der Waals surface area contributed by atoms with Gasteiger partial charge in [0.15, 0.2) is 0 Å². The minimum Gasteiger partial charge on any atom is -0.306 e. The standard InChI is InChI=1S/C15H22N2O2S/c1-2-5-15(16-13-7-4-9-20-11-13)12-6-3-8-14(10-12)17(18)19/h3,6,8,10,13,15-16H,2,4-5,7,9,11H2,1H3. The summed E-state index contributed by atoms with van der Waals surface area (Å²) in [7, 11) is 0. The second-order valence-electron chi connectivity index (χ2n) is 5.27. The van der Waals surface area contributed by atoms with Crippen molar-refractivity contribution in [1.29, 1.82) is 0 Å². The van der Waals surface area contributed by atoms with Gasteiger partial charge in [0.05, 0.1) is 4.92 Å². The molecule has 2 unspecified atom stereocenters. The molecule has 110 valence electrons. The third kappa shape index (κ3) is 4.21. The molecule has 1 saturated heterocycles. The molecule has 0 bridgehead atoms. The largest absolute Gasteiger partial charge is 0.306 e. The molecule has 0 aromatic heterocycles. The van der Waals surface area contributed by atoms with E-state index in [0.29, 0.717) is 6.04 Å². The van der Waals surface area contributed by atoms with Crippen LogP contribution in [0.25, 0.3) is 0 Å². The number of hydrogen-bond acceptors (Lipinski definition) is 4. The molecular formula is C15H22N2O2S. The van der Waals surface area contributed by atoms with E-state index in [0.717, 1.165) is 24.2 Å². The highest BCUT2D eigenvalue weighted by molar-refractivity contribution is 7.99. The molecule has 1 aromatic rings. The van der Waals surface area contributed by atoms with Crippen molar-refractivity contribution >= 4 is 17.4 Å². The topological polar surface area (TPSA) is 55.2 Å². The molecule has 20 heavy (non-hydrogen) atoms. The highest BCUT2D eigenvalue weighted by Gasteiger charge is 2.20. The Kier molecular flexibility index (Phi) is 5.86. The van der Waals surface area contributed by atoms with E-state index in [1.54, 1.807) is 18.2 Å². The van der Waals surface area contributed by atoms with Gasteiger partial charge in [-0.05, 0) is 30.6 Å². The first-order valence-electron chi connectivity index (χ1n) is 7.29. The fourth-order valence-corrected chi connectivity index (χ4v) is 3.73. The molecule has 4 nitrogen and oxygen atoms in total. The van der Waals surface area contributed by atoms with E-state index in [9.17, 15) is 10.1 Å². The van der Waals surface area contributed by atoms with E-state index in [1.807, 2.05) is 17.8 Å². The Labute approximate surface area is 124 Å². The Morgan fingerprint density at radius 3 is 3.05 bits per heavy atom. The predicted octanol–water partition coefficient (Wildman–Crippen LogP) is 3.92. The maximum atomic E-state index is 10.9. The fourth-order valence-electron chi connectivity index (χ4n) is 2.65. The summed E-state index contributed by atoms with van der Waals surface area (Å²) in [5.74, 6) is 2.41. The van der Waals surface area contributed by atoms with Gasteiger partial charge in [-0.2, -0.15) is 11.8 Å². The molecule has 5 heteroatoms. The van der Waals surface area contributed by atoms with Crippen molar-refractivity contribution < 1.29 is 4.92 Å². The number of thioether (sulfide) groups is 1. The van der Waals surface area contributed by atoms with Crippen LogP contribution in [0.3, 0.4) is 0 Å². The SMILES string of the molecule is CCCC(NC1CCCSC1)c1cccc([N+](=O)[O-])c1. The third-order valence-electron chi connectivity index (χ3n) is 3.66. The van der Waals surface area contributed by atoms with Crippen molar-refractivity contribution in [2.24, 2.45) is 0 Å². The lowest BCUT2D eigenvalue weighted by molar-refractivity contribution is -0.384. The molecule has 1 heterocycles. The van der Waals surface area contributed by atoms with Crippen LogP contribution in [-0.4, -0.2) is 22.5 Å². The first kappa shape index (κ1) is 15.3. The van der Waals surface area contributed by atoms with Crippen LogP contribution in [-0.2, 0) is 0 Å². The van der Waals surface area contributed by atoms with E-state index < -0.39 is 0 Å². The van der Waals surface area contributed by atoms with Crippen LogP contribution in [0.2, 0.25) is 0 Å². The van der Waals surface area contributed by atoms with Gasteiger partial charge in [0.25, 0.3) is 5.69 Å². The number of nitrogens with one attached hydrogen (secondary N) is 1. The molecule has 1 aromatic carbocycles. The Morgan fingerprint density at radius 2 is 2.40 bits per heavy atom. The van der Waals surface area contributed by atoms with Crippen molar-refractivity contribution in [3.05, 3.63) is 39.9 Å². The van der Waals surface area contributed by atoms with E-state index in [2.05, 4.69) is 12.2 Å². The zero-order chi connectivity index (χ0) is 14.4. The lowest BCUT2D eigenvalue weighted by atomic mass is 10.00. The summed E-state index contributed by atoms with van der Waals surface area (Å²) in [6.45, 7) is 2.15. The van der Waals surface area contributed by atoms with Crippen LogP contribution < -0.4 is 5.32 Å². The summed E-state index contributed by atoms with van der Waals surface area (Å²) in [6, 6.07) is 7.81. The first-order chi connectivity index (χ1) is 9.70. The molecule has 0 radical (unpaired) electrons. The van der Waals surface area contributed by atoms with Crippen LogP contribution in [0.1, 0.15) is 44.2 Å². The van der Waals surface area contributed by atoms with Crippen LogP contribution in [0.4, 0.5) is 5.69 Å². The number of nitro groups is 1. The van der Waals surface area contributed by atoms with Gasteiger partial charge in [0, 0.05) is 30.0 Å². The molecule has 1 aliphatic rings. The second-order valence-corrected chi connectivity index (χ2v) is 6.42. The first-order valence-corrected chi connectivity index (χ1v) is 8.44. The minimum absolute atomic E-state index is 0.184. The number of non-ortho nitro benzene ring substituents is 1. The minimum atomic E-state index is -0.317. The van der Waals surface area contributed by atoms with Gasteiger partial charge in [-0.25, -0.2) is 0 Å². The zero-order valence-electron chi connectivity index (χ0n) is 11.9. The van der Waals surface area contributed by atoms with Gasteiger partial charge >= 0.3 is 0 Å². The van der Waals surface area contributed by atoms with E-state index in [4.69, 9.17) is 0 Å². The van der Waals surface area contributed by atoms with Crippen molar-refractivity contribution in [3.8, 4) is 0 Å². The molecule has 0 spiro atoms. The number of nitrogens with zero attached hydrogens (tertiary/aromatic N) is 1. The number of nitro benzene ring substituents is 1. The Balaban J connectivity index is 2.10. The van der Waals surface area contributed by atoms with Crippen molar-refractivity contribution in [2.45, 2.75) is 44.7 Å². The fraction of sp³-hybridized carbons (Fsp3) is 0.600. The molecule has 2 rings (SSSR count). The van der Waals surface area contributed by atoms with Crippen molar-refractivity contribution in [2.75, 3.05) is 11.5 Å². The van der Waals surface area contributed by atoms with Gasteiger partial charge in [-0.1, -0.05) is 25.5 Å². The summed E-state index contributed by atoms with van der Waals surface area (Å²) < 4.78 is 0. The van der Waals surface area contributed by atoms with Crippen LogP contribution in [0, 0.1) is 10.1 Å². The predicted molar refractivity (Wildman–Crippen MR) is 84.2 cm³/mol. The Hall–Kier alpha value is -1.07.